The number of Topliss-reactive ketones (excluding diaryl/α,β-unsaturated/α-hetero) is 1. The summed E-state index contributed by atoms with van der Waals surface area (Å²) in [5.74, 6) is -1.28. The number of hydrogen-bond acceptors (Lipinski definition) is 7. The van der Waals surface area contributed by atoms with E-state index in [1.807, 2.05) is 0 Å². The van der Waals surface area contributed by atoms with E-state index in [2.05, 4.69) is 9.97 Å². The Bertz CT molecular complexity index is 576. The van der Waals surface area contributed by atoms with Gasteiger partial charge in [0.2, 0.25) is 5.78 Å². The van der Waals surface area contributed by atoms with Gasteiger partial charge in [-0.2, -0.15) is 0 Å². The molecule has 0 radical (unpaired) electrons. The average Bonchev–Trinajstić information content (AvgIpc) is 2.43. The summed E-state index contributed by atoms with van der Waals surface area (Å²) < 4.78 is 4.89. The number of halogens is 1. The molecule has 0 spiro atoms. The zero-order valence-corrected chi connectivity index (χ0v) is 13.8. The first kappa shape index (κ1) is 17.5. The lowest BCUT2D eigenvalue weighted by Gasteiger charge is -2.11. The van der Waals surface area contributed by atoms with E-state index in [0.29, 0.717) is 5.16 Å². The maximum atomic E-state index is 12.5. The largest absolute Gasteiger partial charge is 0.462 e. The minimum atomic E-state index is -0.707. The molecule has 0 N–H and O–H groups in total. The topological polar surface area (TPSA) is 72.4 Å². The molecule has 114 valence electrons. The Kier molecular flexibility index (Phi) is 6.64. The van der Waals surface area contributed by atoms with E-state index in [1.165, 1.54) is 24.2 Å². The highest BCUT2D eigenvalue weighted by Gasteiger charge is 2.24. The Morgan fingerprint density at radius 3 is 2.62 bits per heavy atom. The summed E-state index contributed by atoms with van der Waals surface area (Å²) in [5.41, 5.74) is -0.0557. The number of ketones is 1. The van der Waals surface area contributed by atoms with E-state index < -0.39 is 11.8 Å². The molecule has 0 bridgehead atoms. The predicted octanol–water partition coefficient (Wildman–Crippen LogP) is 2.04. The first-order valence-corrected chi connectivity index (χ1v) is 7.67. The fourth-order valence-corrected chi connectivity index (χ4v) is 2.02. The molecule has 21 heavy (non-hydrogen) atoms. The standard InChI is InChI=1S/C13H16ClN3O3S/c1-5-20-12(19)9(7-17(2)3)10(18)8-6-15-13(21-4)16-11(8)14/h6-7H,5H2,1-4H3. The summed E-state index contributed by atoms with van der Waals surface area (Å²) in [5, 5.41) is 0.458. The van der Waals surface area contributed by atoms with Gasteiger partial charge >= 0.3 is 5.97 Å². The number of ether oxygens (including phenoxy) is 1. The smallest absolute Gasteiger partial charge is 0.343 e. The number of carbonyl (C=O) groups excluding carboxylic acids is 2. The van der Waals surface area contributed by atoms with Crippen LogP contribution >= 0.6 is 23.4 Å². The number of carbonyl (C=O) groups is 2. The first-order chi connectivity index (χ1) is 9.90. The Balaban J connectivity index is 3.20. The molecule has 0 saturated carbocycles. The highest BCUT2D eigenvalue weighted by atomic mass is 35.5. The maximum Gasteiger partial charge on any atom is 0.343 e. The number of thioether (sulfide) groups is 1. The van der Waals surface area contributed by atoms with Gasteiger partial charge < -0.3 is 9.64 Å². The Hall–Kier alpha value is -1.60. The molecule has 0 aliphatic heterocycles. The van der Waals surface area contributed by atoms with Gasteiger partial charge in [0.1, 0.15) is 10.7 Å². The lowest BCUT2D eigenvalue weighted by atomic mass is 10.1. The molecule has 0 unspecified atom stereocenters. The van der Waals surface area contributed by atoms with Crippen molar-refractivity contribution in [3.8, 4) is 0 Å². The van der Waals surface area contributed by atoms with Gasteiger partial charge in [-0.1, -0.05) is 23.4 Å². The molecule has 0 atom stereocenters. The first-order valence-electron chi connectivity index (χ1n) is 6.07. The van der Waals surface area contributed by atoms with Gasteiger partial charge in [-0.15, -0.1) is 0 Å². The van der Waals surface area contributed by atoms with Crippen molar-refractivity contribution in [1.29, 1.82) is 0 Å². The van der Waals surface area contributed by atoms with Gasteiger partial charge in [-0.3, -0.25) is 4.79 Å². The van der Waals surface area contributed by atoms with Crippen molar-refractivity contribution < 1.29 is 14.3 Å². The summed E-state index contributed by atoms with van der Waals surface area (Å²) in [6.45, 7) is 1.84. The molecule has 1 aromatic heterocycles. The van der Waals surface area contributed by atoms with E-state index >= 15 is 0 Å². The van der Waals surface area contributed by atoms with Crippen molar-refractivity contribution in [3.05, 3.63) is 28.7 Å². The molecule has 0 amide bonds. The second kappa shape index (κ2) is 7.99. The molecule has 0 aliphatic carbocycles. The van der Waals surface area contributed by atoms with Crippen LogP contribution in [0.5, 0.6) is 0 Å². The van der Waals surface area contributed by atoms with Gasteiger partial charge in [0.15, 0.2) is 5.16 Å². The SMILES string of the molecule is CCOC(=O)C(=CN(C)C)C(=O)c1cnc(SC)nc1Cl. The van der Waals surface area contributed by atoms with Crippen molar-refractivity contribution >= 4 is 35.1 Å². The number of esters is 1. The number of nitrogens with zero attached hydrogens (tertiary/aromatic N) is 3. The molecule has 8 heteroatoms. The quantitative estimate of drug-likeness (QED) is 0.116. The fraction of sp³-hybridized carbons (Fsp3) is 0.385. The second-order valence-corrected chi connectivity index (χ2v) is 5.25. The monoisotopic (exact) mass is 329 g/mol. The van der Waals surface area contributed by atoms with Crippen LogP contribution in [0.4, 0.5) is 0 Å². The molecule has 0 aromatic carbocycles. The van der Waals surface area contributed by atoms with Crippen LogP contribution < -0.4 is 0 Å². The molecule has 1 heterocycles. The van der Waals surface area contributed by atoms with Gasteiger partial charge in [0.05, 0.1) is 12.2 Å². The zero-order chi connectivity index (χ0) is 16.0. The van der Waals surface area contributed by atoms with Crippen LogP contribution in [0.15, 0.2) is 23.1 Å². The van der Waals surface area contributed by atoms with Crippen LogP contribution in [0.3, 0.4) is 0 Å². The number of hydrogen-bond donors (Lipinski definition) is 0. The van der Waals surface area contributed by atoms with Crippen molar-refractivity contribution in [3.63, 3.8) is 0 Å². The van der Waals surface area contributed by atoms with E-state index in [4.69, 9.17) is 16.3 Å². The third kappa shape index (κ3) is 4.71. The summed E-state index contributed by atoms with van der Waals surface area (Å²) in [4.78, 5) is 33.9. The average molecular weight is 330 g/mol. The molecule has 6 nitrogen and oxygen atoms in total. The minimum absolute atomic E-state index is 0.00769. The van der Waals surface area contributed by atoms with Crippen LogP contribution in [0, 0.1) is 0 Å². The Labute approximate surface area is 132 Å². The summed E-state index contributed by atoms with van der Waals surface area (Å²) >= 11 is 7.29. The second-order valence-electron chi connectivity index (χ2n) is 4.12. The lowest BCUT2D eigenvalue weighted by Crippen LogP contribution is -2.20. The molecule has 0 aliphatic rings. The van der Waals surface area contributed by atoms with Crippen LogP contribution in [-0.4, -0.2) is 53.6 Å². The maximum absolute atomic E-state index is 12.5. The van der Waals surface area contributed by atoms with Gasteiger partial charge in [0.25, 0.3) is 0 Å². The normalized spacial score (nSPS) is 11.2. The highest BCUT2D eigenvalue weighted by Crippen LogP contribution is 2.20. The summed E-state index contributed by atoms with van der Waals surface area (Å²) in [6, 6.07) is 0. The van der Waals surface area contributed by atoms with E-state index in [0.717, 1.165) is 0 Å². The molecular weight excluding hydrogens is 314 g/mol. The zero-order valence-electron chi connectivity index (χ0n) is 12.2. The molecule has 0 fully saturated rings. The highest BCUT2D eigenvalue weighted by molar-refractivity contribution is 7.98. The van der Waals surface area contributed by atoms with Crippen LogP contribution in [-0.2, 0) is 9.53 Å². The Morgan fingerprint density at radius 1 is 1.48 bits per heavy atom. The third-order valence-electron chi connectivity index (χ3n) is 2.27. The van der Waals surface area contributed by atoms with E-state index in [-0.39, 0.29) is 22.9 Å². The molecular formula is C13H16ClN3O3S. The third-order valence-corrected chi connectivity index (χ3v) is 3.12. The van der Waals surface area contributed by atoms with Crippen molar-refractivity contribution in [2.75, 3.05) is 27.0 Å². The molecule has 0 saturated heterocycles. The van der Waals surface area contributed by atoms with Gasteiger partial charge in [-0.05, 0) is 13.2 Å². The van der Waals surface area contributed by atoms with E-state index in [1.54, 1.807) is 32.2 Å². The summed E-state index contributed by atoms with van der Waals surface area (Å²) in [7, 11) is 3.39. The van der Waals surface area contributed by atoms with Crippen molar-refractivity contribution in [1.82, 2.24) is 14.9 Å². The van der Waals surface area contributed by atoms with Crippen LogP contribution in [0.25, 0.3) is 0 Å². The number of rotatable bonds is 6. The number of aromatic nitrogens is 2. The Morgan fingerprint density at radius 2 is 2.14 bits per heavy atom. The molecule has 1 rings (SSSR count). The van der Waals surface area contributed by atoms with E-state index in [9.17, 15) is 9.59 Å². The van der Waals surface area contributed by atoms with Gasteiger partial charge in [-0.25, -0.2) is 14.8 Å². The fourth-order valence-electron chi connectivity index (χ4n) is 1.41. The van der Waals surface area contributed by atoms with Crippen LogP contribution in [0.1, 0.15) is 17.3 Å². The summed E-state index contributed by atoms with van der Waals surface area (Å²) in [6.07, 6.45) is 4.49. The van der Waals surface area contributed by atoms with Crippen LogP contribution in [0.2, 0.25) is 5.15 Å². The van der Waals surface area contributed by atoms with Crippen molar-refractivity contribution in [2.24, 2.45) is 0 Å². The van der Waals surface area contributed by atoms with Gasteiger partial charge in [0, 0.05) is 26.5 Å². The van der Waals surface area contributed by atoms with Crippen molar-refractivity contribution in [2.45, 2.75) is 12.1 Å². The lowest BCUT2D eigenvalue weighted by molar-refractivity contribution is -0.138. The minimum Gasteiger partial charge on any atom is -0.462 e. The molecule has 1 aromatic rings. The predicted molar refractivity (Wildman–Crippen MR) is 81.6 cm³/mol.